The van der Waals surface area contributed by atoms with E-state index < -0.39 is 0 Å². The van der Waals surface area contributed by atoms with Crippen molar-refractivity contribution in [2.45, 2.75) is 64.8 Å². The van der Waals surface area contributed by atoms with Crippen molar-refractivity contribution in [3.8, 4) is 0 Å². The molecule has 1 aromatic carbocycles. The molecule has 2 aliphatic rings. The SMILES string of the molecule is CCCCCN1C(=O)NC2CC(C(=O)NCCc3ccc(C)cc3)CCC2C1=O. The van der Waals surface area contributed by atoms with E-state index >= 15 is 0 Å². The van der Waals surface area contributed by atoms with Gasteiger partial charge in [-0.05, 0) is 44.6 Å². The molecule has 3 atom stereocenters. The van der Waals surface area contributed by atoms with Crippen LogP contribution in [0.1, 0.15) is 56.6 Å². The number of fused-ring (bicyclic) bond motifs is 1. The molecule has 2 N–H and O–H groups in total. The molecule has 1 aliphatic heterocycles. The van der Waals surface area contributed by atoms with Crippen molar-refractivity contribution in [3.05, 3.63) is 35.4 Å². The highest BCUT2D eigenvalue weighted by molar-refractivity contribution is 5.99. The van der Waals surface area contributed by atoms with Crippen molar-refractivity contribution in [3.63, 3.8) is 0 Å². The number of imide groups is 1. The van der Waals surface area contributed by atoms with Crippen LogP contribution in [0.2, 0.25) is 0 Å². The highest BCUT2D eigenvalue weighted by Crippen LogP contribution is 2.33. The van der Waals surface area contributed by atoms with Crippen LogP contribution >= 0.6 is 0 Å². The molecule has 6 nitrogen and oxygen atoms in total. The van der Waals surface area contributed by atoms with Crippen LogP contribution in [-0.2, 0) is 16.0 Å². The normalized spacial score (nSPS) is 24.1. The summed E-state index contributed by atoms with van der Waals surface area (Å²) in [6.07, 6.45) is 5.60. The monoisotopic (exact) mass is 399 g/mol. The van der Waals surface area contributed by atoms with E-state index in [-0.39, 0.29) is 35.7 Å². The average molecular weight is 400 g/mol. The Morgan fingerprint density at radius 3 is 2.66 bits per heavy atom. The summed E-state index contributed by atoms with van der Waals surface area (Å²) >= 11 is 0. The molecule has 0 bridgehead atoms. The Balaban J connectivity index is 1.47. The smallest absolute Gasteiger partial charge is 0.324 e. The molecule has 29 heavy (non-hydrogen) atoms. The molecule has 0 spiro atoms. The molecule has 0 radical (unpaired) electrons. The van der Waals surface area contributed by atoms with Crippen molar-refractivity contribution < 1.29 is 14.4 Å². The van der Waals surface area contributed by atoms with Crippen LogP contribution in [0.5, 0.6) is 0 Å². The van der Waals surface area contributed by atoms with Gasteiger partial charge in [-0.15, -0.1) is 0 Å². The maximum atomic E-state index is 12.8. The van der Waals surface area contributed by atoms with Crippen molar-refractivity contribution >= 4 is 17.8 Å². The third kappa shape index (κ3) is 5.37. The van der Waals surface area contributed by atoms with Crippen LogP contribution in [0.3, 0.4) is 0 Å². The number of hydrogen-bond acceptors (Lipinski definition) is 3. The van der Waals surface area contributed by atoms with Crippen LogP contribution < -0.4 is 10.6 Å². The first-order valence-electron chi connectivity index (χ1n) is 10.9. The predicted octanol–water partition coefficient (Wildman–Crippen LogP) is 3.18. The zero-order chi connectivity index (χ0) is 20.8. The average Bonchev–Trinajstić information content (AvgIpc) is 2.71. The molecule has 2 fully saturated rings. The van der Waals surface area contributed by atoms with E-state index in [9.17, 15) is 14.4 Å². The van der Waals surface area contributed by atoms with Gasteiger partial charge in [0.25, 0.3) is 0 Å². The third-order valence-electron chi connectivity index (χ3n) is 6.18. The number of hydrogen-bond donors (Lipinski definition) is 2. The molecule has 158 valence electrons. The second-order valence-corrected chi connectivity index (χ2v) is 8.40. The van der Waals surface area contributed by atoms with Gasteiger partial charge in [0, 0.05) is 25.0 Å². The maximum Gasteiger partial charge on any atom is 0.324 e. The fraction of sp³-hybridized carbons (Fsp3) is 0.609. The number of amides is 4. The third-order valence-corrected chi connectivity index (χ3v) is 6.18. The van der Waals surface area contributed by atoms with Gasteiger partial charge in [-0.1, -0.05) is 49.6 Å². The van der Waals surface area contributed by atoms with Crippen LogP contribution in [0, 0.1) is 18.8 Å². The Bertz CT molecular complexity index is 731. The fourth-order valence-electron chi connectivity index (χ4n) is 4.36. The van der Waals surface area contributed by atoms with Gasteiger partial charge in [0.2, 0.25) is 11.8 Å². The molecule has 0 aromatic heterocycles. The lowest BCUT2D eigenvalue weighted by atomic mass is 9.76. The quantitative estimate of drug-likeness (QED) is 0.659. The first-order chi connectivity index (χ1) is 14.0. The summed E-state index contributed by atoms with van der Waals surface area (Å²) in [5.41, 5.74) is 2.43. The Hall–Kier alpha value is -2.37. The standard InChI is InChI=1S/C23H33N3O3/c1-3-4-5-14-26-22(28)19-11-10-18(15-20(19)25-23(26)29)21(27)24-13-12-17-8-6-16(2)7-9-17/h6-9,18-20H,3-5,10-15H2,1-2H3,(H,24,27)(H,25,29). The Morgan fingerprint density at radius 1 is 1.17 bits per heavy atom. The van der Waals surface area contributed by atoms with Crippen LogP contribution in [0.15, 0.2) is 24.3 Å². The van der Waals surface area contributed by atoms with Gasteiger partial charge in [-0.3, -0.25) is 14.5 Å². The molecular formula is C23H33N3O3. The number of urea groups is 1. The van der Waals surface area contributed by atoms with E-state index in [1.54, 1.807) is 0 Å². The lowest BCUT2D eigenvalue weighted by molar-refractivity contribution is -0.139. The Kier molecular flexibility index (Phi) is 7.29. The molecule has 1 aromatic rings. The number of carbonyl (C=O) groups is 3. The summed E-state index contributed by atoms with van der Waals surface area (Å²) in [5, 5.41) is 6.01. The maximum absolute atomic E-state index is 12.8. The summed E-state index contributed by atoms with van der Waals surface area (Å²) in [4.78, 5) is 39.1. The molecule has 6 heteroatoms. The minimum Gasteiger partial charge on any atom is -0.356 e. The summed E-state index contributed by atoms with van der Waals surface area (Å²) in [6.45, 7) is 5.25. The summed E-state index contributed by atoms with van der Waals surface area (Å²) in [6, 6.07) is 7.80. The van der Waals surface area contributed by atoms with E-state index in [4.69, 9.17) is 0 Å². The number of carbonyl (C=O) groups excluding carboxylic acids is 3. The number of rotatable bonds is 8. The van der Waals surface area contributed by atoms with Gasteiger partial charge >= 0.3 is 6.03 Å². The molecule has 1 saturated carbocycles. The second-order valence-electron chi connectivity index (χ2n) is 8.40. The van der Waals surface area contributed by atoms with E-state index in [1.807, 2.05) is 0 Å². The van der Waals surface area contributed by atoms with Gasteiger partial charge in [0.1, 0.15) is 0 Å². The lowest BCUT2D eigenvalue weighted by Gasteiger charge is -2.42. The number of nitrogens with one attached hydrogen (secondary N) is 2. The van der Waals surface area contributed by atoms with E-state index in [2.05, 4.69) is 48.7 Å². The molecule has 1 heterocycles. The lowest BCUT2D eigenvalue weighted by Crippen LogP contribution is -2.62. The van der Waals surface area contributed by atoms with Crippen molar-refractivity contribution in [1.82, 2.24) is 15.5 Å². The minimum atomic E-state index is -0.298. The van der Waals surface area contributed by atoms with Gasteiger partial charge in [0.05, 0.1) is 5.92 Å². The summed E-state index contributed by atoms with van der Waals surface area (Å²) in [5.74, 6) is -0.365. The summed E-state index contributed by atoms with van der Waals surface area (Å²) in [7, 11) is 0. The number of unbranched alkanes of at least 4 members (excludes halogenated alkanes) is 2. The molecule has 1 saturated heterocycles. The minimum absolute atomic E-state index is 0.0302. The highest BCUT2D eigenvalue weighted by Gasteiger charge is 2.45. The van der Waals surface area contributed by atoms with Gasteiger partial charge in [-0.25, -0.2) is 4.79 Å². The number of nitrogens with zero attached hydrogens (tertiary/aromatic N) is 1. The Morgan fingerprint density at radius 2 is 1.93 bits per heavy atom. The van der Waals surface area contributed by atoms with Crippen LogP contribution in [0.25, 0.3) is 0 Å². The van der Waals surface area contributed by atoms with Crippen molar-refractivity contribution in [2.75, 3.05) is 13.1 Å². The van der Waals surface area contributed by atoms with Crippen LogP contribution in [-0.4, -0.2) is 41.9 Å². The second kappa shape index (κ2) is 9.90. The van der Waals surface area contributed by atoms with Crippen LogP contribution in [0.4, 0.5) is 4.79 Å². The van der Waals surface area contributed by atoms with E-state index in [0.29, 0.717) is 32.4 Å². The Labute approximate surface area is 173 Å². The molecule has 3 rings (SSSR count). The van der Waals surface area contributed by atoms with Gasteiger partial charge in [-0.2, -0.15) is 0 Å². The van der Waals surface area contributed by atoms with Gasteiger partial charge < -0.3 is 10.6 Å². The molecule has 1 aliphatic carbocycles. The van der Waals surface area contributed by atoms with Crippen molar-refractivity contribution in [2.24, 2.45) is 11.8 Å². The molecule has 3 unspecified atom stereocenters. The van der Waals surface area contributed by atoms with Crippen molar-refractivity contribution in [1.29, 1.82) is 0 Å². The topological polar surface area (TPSA) is 78.5 Å². The summed E-state index contributed by atoms with van der Waals surface area (Å²) < 4.78 is 0. The predicted molar refractivity (Wildman–Crippen MR) is 112 cm³/mol. The number of benzene rings is 1. The largest absolute Gasteiger partial charge is 0.356 e. The van der Waals surface area contributed by atoms with E-state index in [1.165, 1.54) is 16.0 Å². The highest BCUT2D eigenvalue weighted by atomic mass is 16.2. The zero-order valence-corrected chi connectivity index (χ0v) is 17.6. The fourth-order valence-corrected chi connectivity index (χ4v) is 4.36. The first-order valence-corrected chi connectivity index (χ1v) is 10.9. The zero-order valence-electron chi connectivity index (χ0n) is 17.6. The number of aryl methyl sites for hydroxylation is 1. The van der Waals surface area contributed by atoms with Gasteiger partial charge in [0.15, 0.2) is 0 Å². The van der Waals surface area contributed by atoms with E-state index in [0.717, 1.165) is 25.7 Å². The molecular weight excluding hydrogens is 366 g/mol. The molecule has 4 amide bonds. The first kappa shape index (κ1) is 21.3.